The number of carbonyl (C=O) groups excluding carboxylic acids is 4. The Morgan fingerprint density at radius 3 is 2.29 bits per heavy atom. The number of nitrogens with zero attached hydrogens (tertiary/aromatic N) is 4. The molecule has 2 aromatic rings. The maximum atomic E-state index is 14.0. The molecule has 0 spiro atoms. The molecule has 3 aliphatic rings. The van der Waals surface area contributed by atoms with E-state index in [2.05, 4.69) is 61.4 Å². The minimum absolute atomic E-state index is 0.102. The number of aromatic nitrogens is 1. The number of thiazole rings is 1. The van der Waals surface area contributed by atoms with Crippen molar-refractivity contribution in [2.45, 2.75) is 136 Å². The zero-order valence-electron chi connectivity index (χ0n) is 36.5. The van der Waals surface area contributed by atoms with Crippen molar-refractivity contribution in [2.75, 3.05) is 50.7 Å². The Hall–Kier alpha value is -4.07. The Kier molecular flexibility index (Phi) is 17.6. The van der Waals surface area contributed by atoms with Gasteiger partial charge in [0.1, 0.15) is 12.1 Å². The molecule has 1 aliphatic carbocycles. The van der Waals surface area contributed by atoms with Crippen molar-refractivity contribution in [2.24, 2.45) is 5.41 Å². The molecular formula is C46H70N8O4S. The molecular weight excluding hydrogens is 761 g/mol. The normalized spacial score (nSPS) is 19.6. The van der Waals surface area contributed by atoms with Gasteiger partial charge in [0.05, 0.1) is 17.2 Å². The lowest BCUT2D eigenvalue weighted by Crippen LogP contribution is -2.58. The lowest BCUT2D eigenvalue weighted by molar-refractivity contribution is -0.144. The number of aryl methyl sites for hydroxylation is 1. The van der Waals surface area contributed by atoms with E-state index in [0.29, 0.717) is 30.9 Å². The molecule has 2 aliphatic heterocycles. The molecule has 59 heavy (non-hydrogen) atoms. The van der Waals surface area contributed by atoms with E-state index < -0.39 is 17.5 Å². The van der Waals surface area contributed by atoms with Crippen molar-refractivity contribution in [1.82, 2.24) is 36.3 Å². The number of rotatable bonds is 20. The average molecular weight is 831 g/mol. The van der Waals surface area contributed by atoms with E-state index in [1.165, 1.54) is 17.7 Å². The first-order valence-electron chi connectivity index (χ1n) is 22.1. The summed E-state index contributed by atoms with van der Waals surface area (Å²) >= 11 is 1.68. The first kappa shape index (κ1) is 46.0. The molecule has 13 heteroatoms. The van der Waals surface area contributed by atoms with Crippen LogP contribution >= 0.6 is 11.3 Å². The molecule has 4 N–H and O–H groups in total. The number of unbranched alkanes of at least 4 members (excludes halogenated alkanes) is 5. The van der Waals surface area contributed by atoms with Crippen LogP contribution in [-0.4, -0.2) is 102 Å². The number of hydrazine groups is 1. The topological polar surface area (TPSA) is 139 Å². The highest BCUT2D eigenvalue weighted by Crippen LogP contribution is 2.32. The van der Waals surface area contributed by atoms with E-state index >= 15 is 0 Å². The zero-order chi connectivity index (χ0) is 42.4. The molecule has 5 rings (SSSR count). The van der Waals surface area contributed by atoms with Gasteiger partial charge in [-0.3, -0.25) is 29.5 Å². The first-order chi connectivity index (χ1) is 28.3. The summed E-state index contributed by atoms with van der Waals surface area (Å²) in [6.07, 6.45) is 16.5. The second-order valence-electron chi connectivity index (χ2n) is 17.6. The minimum Gasteiger partial charge on any atom is -0.369 e. The highest BCUT2D eigenvalue weighted by Gasteiger charge is 2.42. The van der Waals surface area contributed by atoms with Gasteiger partial charge in [-0.1, -0.05) is 71.6 Å². The highest BCUT2D eigenvalue weighted by atomic mass is 32.1. The fourth-order valence-corrected chi connectivity index (χ4v) is 9.18. The summed E-state index contributed by atoms with van der Waals surface area (Å²) in [5.74, 6) is -0.211. The molecule has 2 fully saturated rings. The molecule has 0 saturated carbocycles. The van der Waals surface area contributed by atoms with E-state index in [1.54, 1.807) is 16.2 Å². The van der Waals surface area contributed by atoms with Crippen LogP contribution in [0.1, 0.15) is 132 Å². The minimum atomic E-state index is -0.703. The smallest absolute Gasteiger partial charge is 0.265 e. The Bertz CT molecular complexity index is 1740. The molecule has 4 atom stereocenters. The first-order valence-corrected chi connectivity index (χ1v) is 23.0. The van der Waals surface area contributed by atoms with Gasteiger partial charge in [-0.2, -0.15) is 0 Å². The van der Waals surface area contributed by atoms with Gasteiger partial charge in [0.15, 0.2) is 0 Å². The quantitative estimate of drug-likeness (QED) is 0.0861. The summed E-state index contributed by atoms with van der Waals surface area (Å²) in [7, 11) is 0. The maximum absolute atomic E-state index is 14.0. The number of anilines is 1. The number of hydrogen-bond donors (Lipinski definition) is 4. The van der Waals surface area contributed by atoms with Gasteiger partial charge in [-0.05, 0) is 94.2 Å². The number of amides is 4. The molecule has 3 heterocycles. The fourth-order valence-electron chi connectivity index (χ4n) is 8.28. The summed E-state index contributed by atoms with van der Waals surface area (Å²) < 4.78 is 0. The maximum Gasteiger partial charge on any atom is 0.265 e. The molecule has 2 saturated heterocycles. The lowest BCUT2D eigenvalue weighted by atomic mass is 9.85. The van der Waals surface area contributed by atoms with Gasteiger partial charge >= 0.3 is 0 Å². The number of benzene rings is 1. The largest absolute Gasteiger partial charge is 0.369 e. The molecule has 324 valence electrons. The van der Waals surface area contributed by atoms with Crippen LogP contribution in [0.15, 0.2) is 53.6 Å². The van der Waals surface area contributed by atoms with E-state index in [-0.39, 0.29) is 29.7 Å². The third-order valence-corrected chi connectivity index (χ3v) is 13.0. The number of piperazine rings is 1. The fraction of sp³-hybridized carbons (Fsp3) is 0.630. The Morgan fingerprint density at radius 2 is 1.64 bits per heavy atom. The van der Waals surface area contributed by atoms with Gasteiger partial charge in [-0.25, -0.2) is 10.4 Å². The van der Waals surface area contributed by atoms with Gasteiger partial charge in [-0.15, -0.1) is 11.3 Å². The summed E-state index contributed by atoms with van der Waals surface area (Å²) in [6.45, 7) is 18.4. The summed E-state index contributed by atoms with van der Waals surface area (Å²) in [4.78, 5) is 65.4. The van der Waals surface area contributed by atoms with Crippen molar-refractivity contribution >= 4 is 40.7 Å². The van der Waals surface area contributed by atoms with Crippen molar-refractivity contribution in [3.05, 3.63) is 69.7 Å². The van der Waals surface area contributed by atoms with Crippen LogP contribution in [0.25, 0.3) is 0 Å². The second kappa shape index (κ2) is 22.5. The Balaban J connectivity index is 0.953. The molecule has 4 amide bonds. The number of hydrogen-bond acceptors (Lipinski definition) is 9. The van der Waals surface area contributed by atoms with E-state index in [1.807, 2.05) is 64.4 Å². The van der Waals surface area contributed by atoms with Crippen LogP contribution in [0.3, 0.4) is 0 Å². The van der Waals surface area contributed by atoms with E-state index in [9.17, 15) is 19.2 Å². The van der Waals surface area contributed by atoms with Crippen LogP contribution in [0, 0.1) is 12.3 Å². The summed E-state index contributed by atoms with van der Waals surface area (Å²) in [5, 5.41) is 6.25. The molecule has 1 aromatic heterocycles. The van der Waals surface area contributed by atoms with Crippen LogP contribution in [0.5, 0.6) is 0 Å². The standard InChI is InChI=1S/C46H70N8O4S/c1-7-25-48-51-43(56)37-21-23-38(24-22-37)53-30-28-52(29-31-53)26-13-11-9-8-10-12-16-40(55)50-42(46(4,5)6)45(58)54-27-14-15-39(54)44(57)49-33(2)35-17-19-36(20-18-35)41-34(3)47-32-59-41/h17-19,21-24,32-33,36,39,42,48H,7-16,20,25-31H2,1-6H3,(H,49,57)(H,50,55)(H,51,56). The van der Waals surface area contributed by atoms with Crippen molar-refractivity contribution in [3.63, 3.8) is 0 Å². The van der Waals surface area contributed by atoms with E-state index in [0.717, 1.165) is 101 Å². The third kappa shape index (κ3) is 13.5. The number of likely N-dealkylation sites (tertiary alicyclic amines) is 1. The third-order valence-electron chi connectivity index (χ3n) is 11.9. The monoisotopic (exact) mass is 831 g/mol. The number of carbonyl (C=O) groups is 4. The van der Waals surface area contributed by atoms with Crippen LogP contribution < -0.4 is 26.4 Å². The van der Waals surface area contributed by atoms with Crippen molar-refractivity contribution < 1.29 is 19.2 Å². The lowest BCUT2D eigenvalue weighted by Gasteiger charge is -2.36. The Labute approximate surface area is 357 Å². The zero-order valence-corrected chi connectivity index (χ0v) is 37.3. The predicted molar refractivity (Wildman–Crippen MR) is 238 cm³/mol. The number of allylic oxidation sites excluding steroid dienone is 2. The van der Waals surface area contributed by atoms with Crippen LogP contribution in [0.4, 0.5) is 5.69 Å². The molecule has 1 aromatic carbocycles. The second-order valence-corrected chi connectivity index (χ2v) is 18.5. The van der Waals surface area contributed by atoms with Gasteiger partial charge < -0.3 is 20.4 Å². The van der Waals surface area contributed by atoms with Gasteiger partial charge in [0, 0.05) is 67.7 Å². The summed E-state index contributed by atoms with van der Waals surface area (Å²) in [5.41, 5.74) is 11.0. The SMILES string of the molecule is CCCNNC(=O)c1ccc(N2CCN(CCCCCCCCC(=O)NC(C(=O)N3CCCC3C(=O)NC(C)C3=CCC(c4scnc4C)C=C3)C(C)(C)C)CC2)cc1. The van der Waals surface area contributed by atoms with Crippen LogP contribution in [0.2, 0.25) is 0 Å². The highest BCUT2D eigenvalue weighted by molar-refractivity contribution is 7.09. The van der Waals surface area contributed by atoms with Gasteiger partial charge in [0.25, 0.3) is 5.91 Å². The van der Waals surface area contributed by atoms with E-state index in [4.69, 9.17) is 0 Å². The molecule has 0 radical (unpaired) electrons. The Morgan fingerprint density at radius 1 is 0.932 bits per heavy atom. The molecule has 0 bridgehead atoms. The summed E-state index contributed by atoms with van der Waals surface area (Å²) in [6, 6.07) is 6.44. The van der Waals surface area contributed by atoms with Crippen LogP contribution in [-0.2, 0) is 14.4 Å². The predicted octanol–water partition coefficient (Wildman–Crippen LogP) is 6.65. The molecule has 4 unspecified atom stereocenters. The molecule has 12 nitrogen and oxygen atoms in total. The average Bonchev–Trinajstić information content (AvgIpc) is 3.90. The van der Waals surface area contributed by atoms with Gasteiger partial charge in [0.2, 0.25) is 17.7 Å². The van der Waals surface area contributed by atoms with Crippen molar-refractivity contribution in [3.8, 4) is 0 Å². The number of nitrogens with one attached hydrogen (secondary N) is 4. The van der Waals surface area contributed by atoms with Crippen molar-refractivity contribution in [1.29, 1.82) is 0 Å².